The van der Waals surface area contributed by atoms with E-state index in [0.29, 0.717) is 5.92 Å². The minimum atomic E-state index is 0.326. The first-order chi connectivity index (χ1) is 14.9. The average molecular weight is 420 g/mol. The third-order valence-corrected chi connectivity index (χ3v) is 6.69. The highest BCUT2D eigenvalue weighted by atomic mass is 15.1. The van der Waals surface area contributed by atoms with Gasteiger partial charge in [-0.25, -0.2) is 15.0 Å². The van der Waals surface area contributed by atoms with Crippen LogP contribution >= 0.6 is 0 Å². The first-order valence-electron chi connectivity index (χ1n) is 11.9. The molecule has 3 aromatic rings. The quantitative estimate of drug-likeness (QED) is 0.491. The van der Waals surface area contributed by atoms with Crippen molar-refractivity contribution in [3.05, 3.63) is 41.0 Å². The maximum Gasteiger partial charge on any atom is 0.141 e. The smallest absolute Gasteiger partial charge is 0.141 e. The van der Waals surface area contributed by atoms with Crippen LogP contribution in [-0.2, 0) is 6.42 Å². The van der Waals surface area contributed by atoms with E-state index in [0.717, 1.165) is 46.3 Å². The van der Waals surface area contributed by atoms with E-state index < -0.39 is 0 Å². The number of H-pyrrole nitrogens is 1. The zero-order valence-electron chi connectivity index (χ0n) is 19.8. The monoisotopic (exact) mass is 419 g/mol. The van der Waals surface area contributed by atoms with Crippen LogP contribution in [0.2, 0.25) is 0 Å². The number of aromatic amines is 1. The Bertz CT molecular complexity index is 1030. The lowest BCUT2D eigenvalue weighted by Crippen LogP contribution is -2.30. The van der Waals surface area contributed by atoms with Crippen LogP contribution in [0.1, 0.15) is 74.5 Å². The molecule has 0 spiro atoms. The van der Waals surface area contributed by atoms with Crippen LogP contribution in [0.25, 0.3) is 22.4 Å². The van der Waals surface area contributed by atoms with E-state index in [4.69, 9.17) is 15.0 Å². The third-order valence-electron chi connectivity index (χ3n) is 6.69. The van der Waals surface area contributed by atoms with Crippen molar-refractivity contribution in [1.82, 2.24) is 24.8 Å². The van der Waals surface area contributed by atoms with E-state index in [2.05, 4.69) is 56.8 Å². The van der Waals surface area contributed by atoms with Crippen LogP contribution < -0.4 is 0 Å². The van der Waals surface area contributed by atoms with E-state index in [1.807, 2.05) is 6.20 Å². The third kappa shape index (κ3) is 5.15. The summed E-state index contributed by atoms with van der Waals surface area (Å²) in [5, 5.41) is 0. The van der Waals surface area contributed by atoms with Crippen LogP contribution in [0.3, 0.4) is 0 Å². The number of nitrogens with zero attached hydrogens (tertiary/aromatic N) is 4. The van der Waals surface area contributed by atoms with Crippen molar-refractivity contribution >= 4 is 11.0 Å². The van der Waals surface area contributed by atoms with Gasteiger partial charge in [0.15, 0.2) is 0 Å². The minimum absolute atomic E-state index is 0.326. The summed E-state index contributed by atoms with van der Waals surface area (Å²) in [5.74, 6) is 3.08. The molecular weight excluding hydrogens is 382 g/mol. The number of unbranched alkanes of at least 4 members (excludes halogenated alkanes) is 1. The van der Waals surface area contributed by atoms with Crippen molar-refractivity contribution in [2.24, 2.45) is 5.92 Å². The fourth-order valence-electron chi connectivity index (χ4n) is 4.84. The van der Waals surface area contributed by atoms with Crippen molar-refractivity contribution in [1.29, 1.82) is 0 Å². The van der Waals surface area contributed by atoms with Crippen LogP contribution in [0, 0.1) is 19.8 Å². The minimum Gasteiger partial charge on any atom is -0.338 e. The van der Waals surface area contributed by atoms with Gasteiger partial charge in [-0.2, -0.15) is 0 Å². The van der Waals surface area contributed by atoms with E-state index in [-0.39, 0.29) is 0 Å². The molecule has 166 valence electrons. The molecule has 1 aliphatic heterocycles. The lowest BCUT2D eigenvalue weighted by Gasteiger charge is -2.28. The summed E-state index contributed by atoms with van der Waals surface area (Å²) in [7, 11) is 2.23. The maximum absolute atomic E-state index is 4.98. The molecule has 0 aliphatic carbocycles. The highest BCUT2D eigenvalue weighted by Crippen LogP contribution is 2.29. The van der Waals surface area contributed by atoms with Gasteiger partial charge in [-0.3, -0.25) is 0 Å². The number of likely N-dealkylation sites (tertiary alicyclic amines) is 1. The van der Waals surface area contributed by atoms with Gasteiger partial charge in [-0.1, -0.05) is 32.8 Å². The van der Waals surface area contributed by atoms with Crippen molar-refractivity contribution in [3.8, 4) is 11.4 Å². The Morgan fingerprint density at radius 1 is 1.10 bits per heavy atom. The molecule has 1 aromatic carbocycles. The Balaban J connectivity index is 1.45. The summed E-state index contributed by atoms with van der Waals surface area (Å²) in [6, 6.07) is 4.34. The highest BCUT2D eigenvalue weighted by molar-refractivity contribution is 5.83. The van der Waals surface area contributed by atoms with Crippen molar-refractivity contribution in [3.63, 3.8) is 0 Å². The molecule has 3 heterocycles. The second-order valence-corrected chi connectivity index (χ2v) is 9.80. The van der Waals surface area contributed by atoms with Gasteiger partial charge in [-0.15, -0.1) is 0 Å². The normalized spacial score (nSPS) is 15.9. The molecule has 1 aliphatic rings. The van der Waals surface area contributed by atoms with Gasteiger partial charge in [0.1, 0.15) is 11.6 Å². The summed E-state index contributed by atoms with van der Waals surface area (Å²) in [6.45, 7) is 11.2. The van der Waals surface area contributed by atoms with Gasteiger partial charge >= 0.3 is 0 Å². The molecule has 1 N–H and O–H groups in total. The Morgan fingerprint density at radius 3 is 2.61 bits per heavy atom. The lowest BCUT2D eigenvalue weighted by atomic mass is 9.91. The first-order valence-corrected chi connectivity index (χ1v) is 11.9. The Hall–Kier alpha value is -2.27. The number of aryl methyl sites for hydroxylation is 3. The number of hydrogen-bond donors (Lipinski definition) is 1. The fourth-order valence-corrected chi connectivity index (χ4v) is 4.84. The van der Waals surface area contributed by atoms with Gasteiger partial charge in [0, 0.05) is 12.6 Å². The zero-order chi connectivity index (χ0) is 22.0. The van der Waals surface area contributed by atoms with Crippen LogP contribution in [0.5, 0.6) is 0 Å². The van der Waals surface area contributed by atoms with Gasteiger partial charge in [0.25, 0.3) is 0 Å². The molecule has 5 heteroatoms. The number of nitrogens with one attached hydrogen (secondary N) is 1. The van der Waals surface area contributed by atoms with Crippen LogP contribution in [0.15, 0.2) is 18.3 Å². The lowest BCUT2D eigenvalue weighted by molar-refractivity contribution is 0.209. The fraction of sp³-hybridized carbons (Fsp3) is 0.577. The Morgan fingerprint density at radius 2 is 1.87 bits per heavy atom. The molecule has 2 aromatic heterocycles. The standard InChI is InChI=1S/C26H37N5/c1-17(2)24-21(26-28-22-15-18(3)14-19(4)25(22)30-26)16-27-23(29-24)9-7-6-8-20-10-12-31(5)13-11-20/h14-17,20H,6-13H2,1-5H3,(H,28,30). The number of aromatic nitrogens is 4. The highest BCUT2D eigenvalue weighted by Gasteiger charge is 2.18. The molecule has 0 atom stereocenters. The number of benzene rings is 1. The molecule has 0 saturated carbocycles. The molecule has 4 rings (SSSR count). The molecule has 0 unspecified atom stereocenters. The molecule has 1 fully saturated rings. The summed E-state index contributed by atoms with van der Waals surface area (Å²) >= 11 is 0. The number of rotatable bonds is 7. The Labute approximate surface area is 186 Å². The molecule has 0 radical (unpaired) electrons. The molecule has 0 bridgehead atoms. The molecule has 1 saturated heterocycles. The van der Waals surface area contributed by atoms with E-state index >= 15 is 0 Å². The van der Waals surface area contributed by atoms with Gasteiger partial charge in [-0.05, 0) is 82.3 Å². The molecular formula is C26H37N5. The summed E-state index contributed by atoms with van der Waals surface area (Å²) < 4.78 is 0. The van der Waals surface area contributed by atoms with Gasteiger partial charge in [0.2, 0.25) is 0 Å². The van der Waals surface area contributed by atoms with Gasteiger partial charge < -0.3 is 9.88 Å². The second-order valence-electron chi connectivity index (χ2n) is 9.80. The first kappa shape index (κ1) is 21.9. The van der Waals surface area contributed by atoms with E-state index in [9.17, 15) is 0 Å². The number of hydrogen-bond acceptors (Lipinski definition) is 4. The predicted octanol–water partition coefficient (Wildman–Crippen LogP) is 5.81. The number of imidazole rings is 1. The zero-order valence-corrected chi connectivity index (χ0v) is 19.8. The van der Waals surface area contributed by atoms with E-state index in [1.165, 1.54) is 56.3 Å². The Kier molecular flexibility index (Phi) is 6.71. The molecule has 31 heavy (non-hydrogen) atoms. The average Bonchev–Trinajstić information content (AvgIpc) is 3.16. The number of piperidine rings is 1. The molecule has 5 nitrogen and oxygen atoms in total. The summed E-state index contributed by atoms with van der Waals surface area (Å²) in [4.78, 5) is 20.5. The van der Waals surface area contributed by atoms with Crippen molar-refractivity contribution < 1.29 is 0 Å². The summed E-state index contributed by atoms with van der Waals surface area (Å²) in [6.07, 6.45) is 9.46. The van der Waals surface area contributed by atoms with Gasteiger partial charge in [0.05, 0.1) is 22.3 Å². The van der Waals surface area contributed by atoms with Crippen LogP contribution in [0.4, 0.5) is 0 Å². The van der Waals surface area contributed by atoms with Crippen molar-refractivity contribution in [2.45, 2.75) is 72.1 Å². The molecule has 0 amide bonds. The summed E-state index contributed by atoms with van der Waals surface area (Å²) in [5.41, 5.74) is 6.68. The topological polar surface area (TPSA) is 57.7 Å². The SMILES string of the molecule is Cc1cc(C)c2nc(-c3cnc(CCCCC4CCN(C)CC4)nc3C(C)C)[nH]c2c1. The number of fused-ring (bicyclic) bond motifs is 1. The largest absolute Gasteiger partial charge is 0.338 e. The van der Waals surface area contributed by atoms with E-state index in [1.54, 1.807) is 0 Å². The van der Waals surface area contributed by atoms with Crippen LogP contribution in [-0.4, -0.2) is 45.0 Å². The maximum atomic E-state index is 4.98. The predicted molar refractivity (Wildman–Crippen MR) is 128 cm³/mol. The van der Waals surface area contributed by atoms with Crippen molar-refractivity contribution in [2.75, 3.05) is 20.1 Å². The second kappa shape index (κ2) is 9.47.